The van der Waals surface area contributed by atoms with Gasteiger partial charge in [0.05, 0.1) is 12.1 Å². The smallest absolute Gasteiger partial charge is 0.440 e. The normalized spacial score (nSPS) is 13.1. The summed E-state index contributed by atoms with van der Waals surface area (Å²) in [5.74, 6) is 0.117. The van der Waals surface area contributed by atoms with Crippen LogP contribution in [0, 0.1) is 6.92 Å². The number of H-pyrrole nitrogens is 1. The van der Waals surface area contributed by atoms with E-state index in [-0.39, 0.29) is 6.54 Å². The quantitative estimate of drug-likeness (QED) is 0.405. The first kappa shape index (κ1) is 23.9. The van der Waals surface area contributed by atoms with Gasteiger partial charge in [0, 0.05) is 0 Å². The highest BCUT2D eigenvalue weighted by molar-refractivity contribution is 5.53. The van der Waals surface area contributed by atoms with E-state index in [9.17, 15) is 22.8 Å². The van der Waals surface area contributed by atoms with Crippen LogP contribution >= 0.6 is 0 Å². The lowest BCUT2D eigenvalue weighted by Gasteiger charge is -2.19. The molecule has 0 spiro atoms. The summed E-state index contributed by atoms with van der Waals surface area (Å²) >= 11 is 0. The molecular weight excluding hydrogens is 467 g/mol. The summed E-state index contributed by atoms with van der Waals surface area (Å²) in [7, 11) is 0. The number of aromatic nitrogens is 3. The fourth-order valence-electron chi connectivity index (χ4n) is 3.45. The molecular formula is C24H20F3N3O5. The van der Waals surface area contributed by atoms with Crippen molar-refractivity contribution in [3.05, 3.63) is 110 Å². The van der Waals surface area contributed by atoms with Gasteiger partial charge in [0.1, 0.15) is 17.2 Å². The van der Waals surface area contributed by atoms with Gasteiger partial charge in [-0.3, -0.25) is 0 Å². The number of aryl methyl sites for hydroxylation is 1. The predicted molar refractivity (Wildman–Crippen MR) is 119 cm³/mol. The highest BCUT2D eigenvalue weighted by atomic mass is 19.4. The Labute approximate surface area is 196 Å². The molecule has 0 saturated carbocycles. The van der Waals surface area contributed by atoms with E-state index in [0.29, 0.717) is 22.8 Å². The van der Waals surface area contributed by atoms with Gasteiger partial charge >= 0.3 is 17.6 Å². The SMILES string of the molecule is C/C(=C\c1ccc(OC(c2ccc(C(F)(F)F)cc2)c2ncoc2C)cc1)Cn1oc(=O)[nH]c1=O. The van der Waals surface area contributed by atoms with E-state index >= 15 is 0 Å². The molecule has 0 saturated heterocycles. The number of hydrogen-bond donors (Lipinski definition) is 1. The van der Waals surface area contributed by atoms with Crippen molar-refractivity contribution in [3.63, 3.8) is 0 Å². The standard InChI is InChI=1S/C24H20F3N3O5/c1-14(12-30-22(31)29-23(32)35-30)11-16-3-9-19(10-4-16)34-21(20-15(2)33-13-28-20)17-5-7-18(8-6-17)24(25,26)27/h3-11,13,21H,12H2,1-2H3,(H,29,31,32)/b14-11+. The van der Waals surface area contributed by atoms with Crippen LogP contribution in [0.3, 0.4) is 0 Å². The lowest BCUT2D eigenvalue weighted by molar-refractivity contribution is -0.137. The van der Waals surface area contributed by atoms with Gasteiger partial charge in [0.15, 0.2) is 12.5 Å². The molecule has 182 valence electrons. The Morgan fingerprint density at radius 2 is 1.83 bits per heavy atom. The number of hydrogen-bond acceptors (Lipinski definition) is 6. The molecule has 1 unspecified atom stereocenters. The van der Waals surface area contributed by atoms with Crippen LogP contribution in [0.1, 0.15) is 41.2 Å². The zero-order valence-corrected chi connectivity index (χ0v) is 18.6. The third-order valence-corrected chi connectivity index (χ3v) is 5.14. The maximum Gasteiger partial charge on any atom is 0.440 e. The molecule has 0 aliphatic carbocycles. The van der Waals surface area contributed by atoms with Crippen molar-refractivity contribution in [2.45, 2.75) is 32.7 Å². The Morgan fingerprint density at radius 3 is 2.37 bits per heavy atom. The van der Waals surface area contributed by atoms with Crippen molar-refractivity contribution in [2.75, 3.05) is 0 Å². The number of allylic oxidation sites excluding steroid dienone is 1. The molecule has 35 heavy (non-hydrogen) atoms. The van der Waals surface area contributed by atoms with Gasteiger partial charge in [-0.25, -0.2) is 19.6 Å². The Bertz CT molecular complexity index is 1440. The molecule has 0 amide bonds. The molecule has 0 radical (unpaired) electrons. The average molecular weight is 487 g/mol. The number of oxazole rings is 1. The molecule has 0 aliphatic heterocycles. The number of rotatable bonds is 7. The van der Waals surface area contributed by atoms with Gasteiger partial charge in [-0.2, -0.15) is 13.2 Å². The molecule has 0 aliphatic rings. The molecule has 8 nitrogen and oxygen atoms in total. The van der Waals surface area contributed by atoms with Gasteiger partial charge in [0.25, 0.3) is 0 Å². The van der Waals surface area contributed by atoms with Crippen LogP contribution in [-0.4, -0.2) is 14.7 Å². The molecule has 2 aromatic carbocycles. The van der Waals surface area contributed by atoms with Gasteiger partial charge < -0.3 is 13.7 Å². The second kappa shape index (κ2) is 9.53. The Hall–Kier alpha value is -4.28. The maximum atomic E-state index is 13.0. The van der Waals surface area contributed by atoms with E-state index in [2.05, 4.69) is 4.98 Å². The molecule has 1 N–H and O–H groups in total. The van der Waals surface area contributed by atoms with E-state index in [1.54, 1.807) is 44.2 Å². The number of ether oxygens (including phenoxy) is 1. The lowest BCUT2D eigenvalue weighted by atomic mass is 10.0. The van der Waals surface area contributed by atoms with Gasteiger partial charge in [-0.1, -0.05) is 30.3 Å². The summed E-state index contributed by atoms with van der Waals surface area (Å²) in [6.07, 6.45) is -2.18. The van der Waals surface area contributed by atoms with E-state index < -0.39 is 29.3 Å². The number of nitrogens with one attached hydrogen (secondary N) is 1. The Morgan fingerprint density at radius 1 is 1.14 bits per heavy atom. The Balaban J connectivity index is 1.55. The lowest BCUT2D eigenvalue weighted by Crippen LogP contribution is -2.17. The zero-order valence-electron chi connectivity index (χ0n) is 18.6. The van der Waals surface area contributed by atoms with Crippen molar-refractivity contribution in [3.8, 4) is 5.75 Å². The second-order valence-corrected chi connectivity index (χ2v) is 7.82. The molecule has 0 bridgehead atoms. The van der Waals surface area contributed by atoms with Crippen LogP contribution in [-0.2, 0) is 12.7 Å². The van der Waals surface area contributed by atoms with E-state index in [0.717, 1.165) is 28.0 Å². The fraction of sp³-hybridized carbons (Fsp3) is 0.208. The van der Waals surface area contributed by atoms with Gasteiger partial charge in [-0.15, -0.1) is 4.74 Å². The van der Waals surface area contributed by atoms with Crippen molar-refractivity contribution in [1.29, 1.82) is 0 Å². The summed E-state index contributed by atoms with van der Waals surface area (Å²) in [6, 6.07) is 11.6. The molecule has 1 atom stereocenters. The molecule has 2 heterocycles. The minimum absolute atomic E-state index is 0.0945. The predicted octanol–water partition coefficient (Wildman–Crippen LogP) is 4.72. The average Bonchev–Trinajstić information content (AvgIpc) is 3.36. The molecule has 4 rings (SSSR count). The van der Waals surface area contributed by atoms with E-state index in [4.69, 9.17) is 13.7 Å². The largest absolute Gasteiger partial charge is 0.479 e. The van der Waals surface area contributed by atoms with Crippen LogP contribution in [0.25, 0.3) is 6.08 Å². The summed E-state index contributed by atoms with van der Waals surface area (Å²) < 4.78 is 56.0. The number of aromatic amines is 1. The van der Waals surface area contributed by atoms with Crippen molar-refractivity contribution in [1.82, 2.24) is 14.7 Å². The number of alkyl halides is 3. The van der Waals surface area contributed by atoms with Crippen LogP contribution < -0.4 is 16.2 Å². The van der Waals surface area contributed by atoms with Crippen molar-refractivity contribution >= 4 is 6.08 Å². The van der Waals surface area contributed by atoms with Crippen LogP contribution in [0.4, 0.5) is 13.2 Å². The number of benzene rings is 2. The summed E-state index contributed by atoms with van der Waals surface area (Å²) in [5, 5.41) is 0. The van der Waals surface area contributed by atoms with Crippen molar-refractivity contribution < 1.29 is 26.8 Å². The molecule has 0 fully saturated rings. The second-order valence-electron chi connectivity index (χ2n) is 7.82. The summed E-state index contributed by atoms with van der Waals surface area (Å²) in [5.41, 5.74) is 1.08. The first-order valence-electron chi connectivity index (χ1n) is 10.4. The first-order chi connectivity index (χ1) is 16.6. The van der Waals surface area contributed by atoms with E-state index in [1.807, 2.05) is 4.98 Å². The van der Waals surface area contributed by atoms with Gasteiger partial charge in [0.2, 0.25) is 0 Å². The van der Waals surface area contributed by atoms with E-state index in [1.165, 1.54) is 18.5 Å². The highest BCUT2D eigenvalue weighted by Crippen LogP contribution is 2.33. The molecule has 4 aromatic rings. The number of halogens is 3. The van der Waals surface area contributed by atoms with Crippen LogP contribution in [0.2, 0.25) is 0 Å². The van der Waals surface area contributed by atoms with Crippen molar-refractivity contribution in [2.24, 2.45) is 0 Å². The third kappa shape index (κ3) is 5.62. The zero-order chi connectivity index (χ0) is 25.2. The molecule has 11 heteroatoms. The Kier molecular flexibility index (Phi) is 6.50. The maximum absolute atomic E-state index is 13.0. The third-order valence-electron chi connectivity index (χ3n) is 5.14. The fourth-order valence-corrected chi connectivity index (χ4v) is 3.45. The minimum atomic E-state index is -4.44. The topological polar surface area (TPSA) is 103 Å². The van der Waals surface area contributed by atoms with Crippen LogP contribution in [0.5, 0.6) is 5.75 Å². The molecule has 2 aromatic heterocycles. The van der Waals surface area contributed by atoms with Gasteiger partial charge in [-0.05, 0) is 54.8 Å². The monoisotopic (exact) mass is 487 g/mol. The minimum Gasteiger partial charge on any atom is -0.479 e. The van der Waals surface area contributed by atoms with Crippen LogP contribution in [0.15, 0.2) is 79.0 Å². The first-order valence-corrected chi connectivity index (χ1v) is 10.4. The highest BCUT2D eigenvalue weighted by Gasteiger charge is 2.31. The number of nitrogens with zero attached hydrogens (tertiary/aromatic N) is 2. The summed E-state index contributed by atoms with van der Waals surface area (Å²) in [4.78, 5) is 28.9. The summed E-state index contributed by atoms with van der Waals surface area (Å²) in [6.45, 7) is 3.56.